The molecule has 0 radical (unpaired) electrons. The highest BCUT2D eigenvalue weighted by Gasteiger charge is 2.02. The SMILES string of the molecule is c1ccc2c(CNCc3ccno3)c[nH]c2c1. The monoisotopic (exact) mass is 227 g/mol. The summed E-state index contributed by atoms with van der Waals surface area (Å²) in [4.78, 5) is 3.26. The molecule has 2 N–H and O–H groups in total. The molecule has 0 saturated heterocycles. The number of hydrogen-bond donors (Lipinski definition) is 2. The van der Waals surface area contributed by atoms with Gasteiger partial charge in [-0.3, -0.25) is 0 Å². The van der Waals surface area contributed by atoms with Crippen LogP contribution in [-0.4, -0.2) is 10.1 Å². The molecule has 1 aromatic carbocycles. The summed E-state index contributed by atoms with van der Waals surface area (Å²) in [5, 5.41) is 8.26. The van der Waals surface area contributed by atoms with Gasteiger partial charge in [-0.15, -0.1) is 0 Å². The minimum Gasteiger partial charge on any atom is -0.361 e. The van der Waals surface area contributed by atoms with E-state index in [9.17, 15) is 0 Å². The van der Waals surface area contributed by atoms with Gasteiger partial charge >= 0.3 is 0 Å². The van der Waals surface area contributed by atoms with Crippen molar-refractivity contribution >= 4 is 10.9 Å². The number of aromatic nitrogens is 2. The number of nitrogens with one attached hydrogen (secondary N) is 2. The van der Waals surface area contributed by atoms with E-state index in [1.807, 2.05) is 18.3 Å². The van der Waals surface area contributed by atoms with Crippen LogP contribution >= 0.6 is 0 Å². The van der Waals surface area contributed by atoms with Crippen LogP contribution in [0.2, 0.25) is 0 Å². The summed E-state index contributed by atoms with van der Waals surface area (Å²) in [6.07, 6.45) is 3.70. The van der Waals surface area contributed by atoms with E-state index in [1.54, 1.807) is 6.20 Å². The van der Waals surface area contributed by atoms with Crippen molar-refractivity contribution in [2.75, 3.05) is 0 Å². The lowest BCUT2D eigenvalue weighted by molar-refractivity contribution is 0.373. The van der Waals surface area contributed by atoms with Crippen molar-refractivity contribution in [3.05, 3.63) is 54.0 Å². The van der Waals surface area contributed by atoms with Crippen LogP contribution in [0.4, 0.5) is 0 Å². The third kappa shape index (κ3) is 2.07. The van der Waals surface area contributed by atoms with Gasteiger partial charge in [-0.2, -0.15) is 0 Å². The first kappa shape index (κ1) is 10.1. The van der Waals surface area contributed by atoms with Crippen molar-refractivity contribution in [2.45, 2.75) is 13.1 Å². The Morgan fingerprint density at radius 1 is 1.18 bits per heavy atom. The molecule has 0 unspecified atom stereocenters. The smallest absolute Gasteiger partial charge is 0.150 e. The minimum atomic E-state index is 0.694. The Labute approximate surface area is 98.6 Å². The molecule has 86 valence electrons. The number of H-pyrrole nitrogens is 1. The summed E-state index contributed by atoms with van der Waals surface area (Å²) in [7, 11) is 0. The predicted octanol–water partition coefficient (Wildman–Crippen LogP) is 2.45. The zero-order chi connectivity index (χ0) is 11.5. The molecule has 0 spiro atoms. The number of benzene rings is 1. The lowest BCUT2D eigenvalue weighted by atomic mass is 10.2. The fraction of sp³-hybridized carbons (Fsp3) is 0.154. The third-order valence-corrected chi connectivity index (χ3v) is 2.78. The van der Waals surface area contributed by atoms with Crippen molar-refractivity contribution < 1.29 is 4.52 Å². The molecular weight excluding hydrogens is 214 g/mol. The van der Waals surface area contributed by atoms with E-state index in [4.69, 9.17) is 4.52 Å². The lowest BCUT2D eigenvalue weighted by Crippen LogP contribution is -2.11. The van der Waals surface area contributed by atoms with Crippen molar-refractivity contribution in [3.8, 4) is 0 Å². The maximum Gasteiger partial charge on any atom is 0.150 e. The summed E-state index contributed by atoms with van der Waals surface area (Å²) in [6, 6.07) is 10.1. The van der Waals surface area contributed by atoms with Crippen LogP contribution in [0.3, 0.4) is 0 Å². The van der Waals surface area contributed by atoms with E-state index in [0.717, 1.165) is 12.3 Å². The molecule has 3 aromatic rings. The molecule has 0 amide bonds. The second kappa shape index (κ2) is 4.43. The number of para-hydroxylation sites is 1. The zero-order valence-electron chi connectivity index (χ0n) is 9.31. The minimum absolute atomic E-state index is 0.694. The van der Waals surface area contributed by atoms with Gasteiger partial charge < -0.3 is 14.8 Å². The quantitative estimate of drug-likeness (QED) is 0.719. The van der Waals surface area contributed by atoms with Gasteiger partial charge in [0, 0.05) is 29.7 Å². The molecule has 4 nitrogen and oxygen atoms in total. The average molecular weight is 227 g/mol. The lowest BCUT2D eigenvalue weighted by Gasteiger charge is -2.00. The first-order valence-electron chi connectivity index (χ1n) is 5.59. The van der Waals surface area contributed by atoms with E-state index in [-0.39, 0.29) is 0 Å². The Bertz CT molecular complexity index is 598. The average Bonchev–Trinajstić information content (AvgIpc) is 2.99. The van der Waals surface area contributed by atoms with Crippen LogP contribution < -0.4 is 5.32 Å². The second-order valence-electron chi connectivity index (χ2n) is 3.94. The second-order valence-corrected chi connectivity index (χ2v) is 3.94. The van der Waals surface area contributed by atoms with E-state index >= 15 is 0 Å². The van der Waals surface area contributed by atoms with Gasteiger partial charge in [0.1, 0.15) is 5.76 Å². The predicted molar refractivity (Wildman–Crippen MR) is 65.3 cm³/mol. The van der Waals surface area contributed by atoms with E-state index < -0.39 is 0 Å². The van der Waals surface area contributed by atoms with Crippen molar-refractivity contribution in [1.82, 2.24) is 15.5 Å². The first-order chi connectivity index (χ1) is 8.43. The highest BCUT2D eigenvalue weighted by molar-refractivity contribution is 5.82. The normalized spacial score (nSPS) is 11.1. The summed E-state index contributed by atoms with van der Waals surface area (Å²) >= 11 is 0. The van der Waals surface area contributed by atoms with Gasteiger partial charge in [0.05, 0.1) is 12.7 Å². The number of hydrogen-bond acceptors (Lipinski definition) is 3. The molecule has 0 saturated carbocycles. The zero-order valence-corrected chi connectivity index (χ0v) is 9.31. The molecule has 3 rings (SSSR count). The summed E-state index contributed by atoms with van der Waals surface area (Å²) in [5.41, 5.74) is 2.43. The Hall–Kier alpha value is -2.07. The molecule has 0 aliphatic rings. The van der Waals surface area contributed by atoms with Crippen molar-refractivity contribution in [3.63, 3.8) is 0 Å². The Morgan fingerprint density at radius 3 is 3.00 bits per heavy atom. The van der Waals surface area contributed by atoms with Crippen LogP contribution in [0.5, 0.6) is 0 Å². The third-order valence-electron chi connectivity index (χ3n) is 2.78. The highest BCUT2D eigenvalue weighted by atomic mass is 16.5. The number of rotatable bonds is 4. The molecule has 2 aromatic heterocycles. The summed E-state index contributed by atoms with van der Waals surface area (Å²) < 4.78 is 5.02. The highest BCUT2D eigenvalue weighted by Crippen LogP contribution is 2.17. The molecule has 2 heterocycles. The Balaban J connectivity index is 1.69. The van der Waals surface area contributed by atoms with Crippen LogP contribution in [0.1, 0.15) is 11.3 Å². The van der Waals surface area contributed by atoms with Gasteiger partial charge in [0.15, 0.2) is 0 Å². The van der Waals surface area contributed by atoms with Crippen LogP contribution in [0.25, 0.3) is 10.9 Å². The van der Waals surface area contributed by atoms with Crippen LogP contribution in [0.15, 0.2) is 47.2 Å². The number of nitrogens with zero attached hydrogens (tertiary/aromatic N) is 1. The van der Waals surface area contributed by atoms with Crippen molar-refractivity contribution in [2.24, 2.45) is 0 Å². The molecular formula is C13H13N3O. The van der Waals surface area contributed by atoms with E-state index in [1.165, 1.54) is 16.5 Å². The van der Waals surface area contributed by atoms with Gasteiger partial charge in [0.2, 0.25) is 0 Å². The number of fused-ring (bicyclic) bond motifs is 1. The van der Waals surface area contributed by atoms with Crippen molar-refractivity contribution in [1.29, 1.82) is 0 Å². The summed E-state index contributed by atoms with van der Waals surface area (Å²) in [6.45, 7) is 1.50. The van der Waals surface area contributed by atoms with Gasteiger partial charge in [-0.05, 0) is 11.6 Å². The molecule has 0 fully saturated rings. The largest absolute Gasteiger partial charge is 0.361 e. The topological polar surface area (TPSA) is 53.9 Å². The van der Waals surface area contributed by atoms with Gasteiger partial charge in [-0.25, -0.2) is 0 Å². The summed E-state index contributed by atoms with van der Waals surface area (Å²) in [5.74, 6) is 0.852. The standard InChI is InChI=1S/C13H13N3O/c1-2-4-13-12(3-1)10(8-15-13)7-14-9-11-5-6-16-17-11/h1-6,8,14-15H,7,9H2. The molecule has 0 atom stereocenters. The van der Waals surface area contributed by atoms with Crippen LogP contribution in [-0.2, 0) is 13.1 Å². The molecule has 4 heteroatoms. The van der Waals surface area contributed by atoms with E-state index in [2.05, 4.69) is 33.7 Å². The Morgan fingerprint density at radius 2 is 2.12 bits per heavy atom. The molecule has 0 aliphatic heterocycles. The first-order valence-corrected chi connectivity index (χ1v) is 5.59. The number of aromatic amines is 1. The molecule has 0 aliphatic carbocycles. The molecule has 0 bridgehead atoms. The fourth-order valence-electron chi connectivity index (χ4n) is 1.93. The Kier molecular flexibility index (Phi) is 2.63. The maximum atomic E-state index is 5.02. The maximum absolute atomic E-state index is 5.02. The van der Waals surface area contributed by atoms with Gasteiger partial charge in [-0.1, -0.05) is 23.4 Å². The van der Waals surface area contributed by atoms with Gasteiger partial charge in [0.25, 0.3) is 0 Å². The van der Waals surface area contributed by atoms with E-state index in [0.29, 0.717) is 6.54 Å². The fourth-order valence-corrected chi connectivity index (χ4v) is 1.93. The molecule has 17 heavy (non-hydrogen) atoms. The van der Waals surface area contributed by atoms with Crippen LogP contribution in [0, 0.1) is 0 Å².